The summed E-state index contributed by atoms with van der Waals surface area (Å²) in [5.74, 6) is -0.499. The Balaban J connectivity index is 1.88. The molecule has 0 atom stereocenters. The lowest BCUT2D eigenvalue weighted by atomic mass is 10.1. The molecule has 0 unspecified atom stereocenters. The second-order valence-electron chi connectivity index (χ2n) is 7.45. The van der Waals surface area contributed by atoms with Crippen LogP contribution in [0.25, 0.3) is 0 Å². The van der Waals surface area contributed by atoms with Gasteiger partial charge in [0.15, 0.2) is 5.82 Å². The van der Waals surface area contributed by atoms with Crippen LogP contribution in [-0.4, -0.2) is 28.0 Å². The van der Waals surface area contributed by atoms with Crippen molar-refractivity contribution in [2.45, 2.75) is 25.2 Å². The first-order valence-corrected chi connectivity index (χ1v) is 13.1. The molecule has 0 N–H and O–H groups in total. The number of methoxy groups -OCH3 is 1. The number of ether oxygens (including phenoxy) is 2. The number of hydrogen-bond acceptors (Lipinski definition) is 5. The summed E-state index contributed by atoms with van der Waals surface area (Å²) in [5.41, 5.74) is 2.18. The van der Waals surface area contributed by atoms with Crippen LogP contribution in [0.5, 0.6) is 11.5 Å². The predicted octanol–water partition coefficient (Wildman–Crippen LogP) is 6.17. The van der Waals surface area contributed by atoms with Gasteiger partial charge in [0.2, 0.25) is 0 Å². The number of anilines is 1. The third-order valence-electron chi connectivity index (χ3n) is 5.13. The number of sulfonamides is 1. The molecule has 0 amide bonds. The number of esters is 1. The summed E-state index contributed by atoms with van der Waals surface area (Å²) in [6, 6.07) is 14.0. The fraction of sp³-hybridized carbons (Fsp3) is 0.208. The fourth-order valence-electron chi connectivity index (χ4n) is 3.10. The number of rotatable bonds is 8. The minimum Gasteiger partial charge on any atom is -0.497 e. The number of nitrogens with zero attached hydrogens (tertiary/aromatic N) is 1. The van der Waals surface area contributed by atoms with Crippen LogP contribution in [0, 0.1) is 19.7 Å². The van der Waals surface area contributed by atoms with E-state index in [2.05, 4.69) is 31.9 Å². The van der Waals surface area contributed by atoms with Crippen molar-refractivity contribution in [3.05, 3.63) is 80.5 Å². The number of halogens is 3. The molecule has 10 heteroatoms. The van der Waals surface area contributed by atoms with E-state index in [-0.39, 0.29) is 32.6 Å². The topological polar surface area (TPSA) is 72.9 Å². The lowest BCUT2D eigenvalue weighted by Gasteiger charge is -2.25. The molecule has 6 nitrogen and oxygen atoms in total. The van der Waals surface area contributed by atoms with Crippen LogP contribution >= 0.6 is 31.9 Å². The Hall–Kier alpha value is -2.43. The van der Waals surface area contributed by atoms with Crippen molar-refractivity contribution in [3.8, 4) is 11.5 Å². The Labute approximate surface area is 215 Å². The highest BCUT2D eigenvalue weighted by Gasteiger charge is 2.26. The molecule has 0 spiro atoms. The summed E-state index contributed by atoms with van der Waals surface area (Å²) in [4.78, 5) is 12.6. The third kappa shape index (κ3) is 5.97. The van der Waals surface area contributed by atoms with Gasteiger partial charge in [-0.25, -0.2) is 12.8 Å². The maximum absolute atomic E-state index is 13.8. The summed E-state index contributed by atoms with van der Waals surface area (Å²) < 4.78 is 52.7. The van der Waals surface area contributed by atoms with Crippen LogP contribution in [0.1, 0.15) is 17.5 Å². The standard InChI is InChI=1S/C24H22Br2FNO5S/c1-15-4-9-20(12-16(15)2)34(30,31)28(17-5-7-18(32-3)8-6-17)11-10-23(29)33-19-13-21(25)24(27)22(26)14-19/h4-9,12-14H,10-11H2,1-3H3. The first-order valence-electron chi connectivity index (χ1n) is 10.1. The Morgan fingerprint density at radius 3 is 2.12 bits per heavy atom. The number of hydrogen-bond donors (Lipinski definition) is 0. The van der Waals surface area contributed by atoms with Crippen molar-refractivity contribution in [2.24, 2.45) is 0 Å². The maximum Gasteiger partial charge on any atom is 0.313 e. The molecule has 0 aromatic heterocycles. The molecule has 0 aliphatic carbocycles. The van der Waals surface area contributed by atoms with Crippen LogP contribution in [-0.2, 0) is 14.8 Å². The predicted molar refractivity (Wildman–Crippen MR) is 135 cm³/mol. The molecule has 3 rings (SSSR count). The first-order chi connectivity index (χ1) is 16.0. The Kier molecular flexibility index (Phi) is 8.38. The molecule has 0 aliphatic heterocycles. The van der Waals surface area contributed by atoms with Crippen molar-refractivity contribution >= 4 is 53.5 Å². The molecule has 0 heterocycles. The zero-order valence-corrected chi connectivity index (χ0v) is 22.6. The molecule has 3 aromatic rings. The van der Waals surface area contributed by atoms with E-state index in [0.29, 0.717) is 11.4 Å². The molecular weight excluding hydrogens is 593 g/mol. The second kappa shape index (κ2) is 10.9. The Morgan fingerprint density at radius 2 is 1.56 bits per heavy atom. The molecule has 0 aliphatic rings. The lowest BCUT2D eigenvalue weighted by molar-refractivity contribution is -0.134. The van der Waals surface area contributed by atoms with Gasteiger partial charge in [-0.15, -0.1) is 0 Å². The van der Waals surface area contributed by atoms with Crippen molar-refractivity contribution in [1.29, 1.82) is 0 Å². The van der Waals surface area contributed by atoms with Gasteiger partial charge in [-0.3, -0.25) is 9.10 Å². The first kappa shape index (κ1) is 26.2. The highest BCUT2D eigenvalue weighted by atomic mass is 79.9. The molecule has 3 aromatic carbocycles. The molecular formula is C24H22Br2FNO5S. The van der Waals surface area contributed by atoms with Gasteiger partial charge in [0, 0.05) is 6.54 Å². The quantitative estimate of drug-likeness (QED) is 0.172. The minimum absolute atomic E-state index is 0.117. The minimum atomic E-state index is -3.98. The smallest absolute Gasteiger partial charge is 0.313 e. The monoisotopic (exact) mass is 613 g/mol. The van der Waals surface area contributed by atoms with E-state index in [9.17, 15) is 17.6 Å². The van der Waals surface area contributed by atoms with Crippen LogP contribution in [0.2, 0.25) is 0 Å². The van der Waals surface area contributed by atoms with Crippen LogP contribution in [0.4, 0.5) is 10.1 Å². The average Bonchev–Trinajstić information content (AvgIpc) is 2.79. The van der Waals surface area contributed by atoms with Crippen molar-refractivity contribution in [1.82, 2.24) is 0 Å². The van der Waals surface area contributed by atoms with Crippen LogP contribution in [0.3, 0.4) is 0 Å². The van der Waals surface area contributed by atoms with Crippen LogP contribution < -0.4 is 13.8 Å². The van der Waals surface area contributed by atoms with E-state index in [1.165, 1.54) is 19.2 Å². The Morgan fingerprint density at radius 1 is 0.941 bits per heavy atom. The van der Waals surface area contributed by atoms with Crippen LogP contribution in [0.15, 0.2) is 68.4 Å². The van der Waals surface area contributed by atoms with Gasteiger partial charge in [-0.1, -0.05) is 6.07 Å². The zero-order valence-electron chi connectivity index (χ0n) is 18.6. The molecule has 0 fully saturated rings. The van der Waals surface area contributed by atoms with E-state index in [1.54, 1.807) is 42.5 Å². The molecule has 0 bridgehead atoms. The molecule has 0 radical (unpaired) electrons. The van der Waals surface area contributed by atoms with Gasteiger partial charge >= 0.3 is 5.97 Å². The molecule has 34 heavy (non-hydrogen) atoms. The van der Waals surface area contributed by atoms with Gasteiger partial charge in [-0.05, 0) is 105 Å². The van der Waals surface area contributed by atoms with Gasteiger partial charge in [-0.2, -0.15) is 0 Å². The highest BCUT2D eigenvalue weighted by molar-refractivity contribution is 9.11. The zero-order chi connectivity index (χ0) is 25.0. The largest absolute Gasteiger partial charge is 0.497 e. The number of carbonyl (C=O) groups is 1. The lowest BCUT2D eigenvalue weighted by Crippen LogP contribution is -2.33. The van der Waals surface area contributed by atoms with E-state index in [4.69, 9.17) is 9.47 Å². The van der Waals surface area contributed by atoms with Crippen molar-refractivity contribution in [3.63, 3.8) is 0 Å². The van der Waals surface area contributed by atoms with E-state index in [1.807, 2.05) is 13.8 Å². The summed E-state index contributed by atoms with van der Waals surface area (Å²) in [7, 11) is -2.47. The fourth-order valence-corrected chi connectivity index (χ4v) is 5.80. The van der Waals surface area contributed by atoms with Gasteiger partial charge in [0.25, 0.3) is 10.0 Å². The normalized spacial score (nSPS) is 11.2. The molecule has 0 saturated heterocycles. The number of benzene rings is 3. The highest BCUT2D eigenvalue weighted by Crippen LogP contribution is 2.30. The van der Waals surface area contributed by atoms with Gasteiger partial charge < -0.3 is 9.47 Å². The van der Waals surface area contributed by atoms with E-state index >= 15 is 0 Å². The van der Waals surface area contributed by atoms with Gasteiger partial charge in [0.1, 0.15) is 11.5 Å². The summed E-state index contributed by atoms with van der Waals surface area (Å²) in [6.45, 7) is 3.57. The third-order valence-corrected chi connectivity index (χ3v) is 8.11. The Bertz CT molecular complexity index is 1290. The second-order valence-corrected chi connectivity index (χ2v) is 11.0. The van der Waals surface area contributed by atoms with Gasteiger partial charge in [0.05, 0.1) is 33.1 Å². The molecule has 0 saturated carbocycles. The molecule has 180 valence electrons. The van der Waals surface area contributed by atoms with E-state index < -0.39 is 21.8 Å². The summed E-state index contributed by atoms with van der Waals surface area (Å²) in [5, 5.41) is 0. The van der Waals surface area contributed by atoms with E-state index in [0.717, 1.165) is 15.4 Å². The van der Waals surface area contributed by atoms with Crippen molar-refractivity contribution in [2.75, 3.05) is 18.0 Å². The SMILES string of the molecule is COc1ccc(N(CCC(=O)Oc2cc(Br)c(F)c(Br)c2)S(=O)(=O)c2ccc(C)c(C)c2)cc1. The average molecular weight is 615 g/mol. The summed E-state index contributed by atoms with van der Waals surface area (Å²) in [6.07, 6.45) is -0.233. The maximum atomic E-state index is 13.8. The van der Waals surface area contributed by atoms with Crippen molar-refractivity contribution < 1.29 is 27.1 Å². The number of aryl methyl sites for hydroxylation is 2. The summed E-state index contributed by atoms with van der Waals surface area (Å²) >= 11 is 6.12. The number of carbonyl (C=O) groups excluding carboxylic acids is 1.